The molecule has 0 bridgehead atoms. The Morgan fingerprint density at radius 2 is 1.75 bits per heavy atom. The minimum absolute atomic E-state index is 0.711. The number of nitrogens with one attached hydrogen (secondary N) is 1. The molecule has 1 aliphatic carbocycles. The standard InChI is InChI=1S/C18H36N2/c1-5-14(3)18-13-20(15(4)11-19-18)12-17-9-7-16(6-2)8-10-17/h14-19H,5-13H2,1-4H3. The summed E-state index contributed by atoms with van der Waals surface area (Å²) in [6, 6.07) is 1.43. The molecule has 118 valence electrons. The fourth-order valence-corrected chi connectivity index (χ4v) is 4.02. The van der Waals surface area contributed by atoms with Gasteiger partial charge in [0.05, 0.1) is 0 Å². The molecule has 2 nitrogen and oxygen atoms in total. The summed E-state index contributed by atoms with van der Waals surface area (Å²) in [6.07, 6.45) is 8.60. The minimum Gasteiger partial charge on any atom is -0.311 e. The Bertz CT molecular complexity index is 271. The lowest BCUT2D eigenvalue weighted by Crippen LogP contribution is -2.58. The quantitative estimate of drug-likeness (QED) is 0.821. The van der Waals surface area contributed by atoms with Gasteiger partial charge in [-0.05, 0) is 37.5 Å². The number of nitrogens with zero attached hydrogens (tertiary/aromatic N) is 1. The molecule has 1 heterocycles. The van der Waals surface area contributed by atoms with Gasteiger partial charge in [0.2, 0.25) is 0 Å². The molecule has 0 radical (unpaired) electrons. The van der Waals surface area contributed by atoms with E-state index in [1.165, 1.54) is 58.2 Å². The third-order valence-corrected chi connectivity index (χ3v) is 6.10. The van der Waals surface area contributed by atoms with Gasteiger partial charge in [0, 0.05) is 31.7 Å². The smallest absolute Gasteiger partial charge is 0.0221 e. The molecule has 0 aromatic carbocycles. The van der Waals surface area contributed by atoms with Crippen molar-refractivity contribution in [2.45, 2.75) is 78.3 Å². The van der Waals surface area contributed by atoms with Crippen LogP contribution in [0.2, 0.25) is 0 Å². The van der Waals surface area contributed by atoms with Crippen molar-refractivity contribution in [2.24, 2.45) is 17.8 Å². The highest BCUT2D eigenvalue weighted by atomic mass is 15.2. The van der Waals surface area contributed by atoms with Crippen LogP contribution in [0.5, 0.6) is 0 Å². The van der Waals surface area contributed by atoms with Gasteiger partial charge >= 0.3 is 0 Å². The molecule has 20 heavy (non-hydrogen) atoms. The molecule has 1 saturated heterocycles. The molecule has 2 rings (SSSR count). The lowest BCUT2D eigenvalue weighted by atomic mass is 9.80. The highest BCUT2D eigenvalue weighted by molar-refractivity contribution is 4.88. The first-order valence-electron chi connectivity index (χ1n) is 9.11. The first-order valence-corrected chi connectivity index (χ1v) is 9.11. The lowest BCUT2D eigenvalue weighted by Gasteiger charge is -2.43. The molecule has 0 amide bonds. The molecule has 0 spiro atoms. The van der Waals surface area contributed by atoms with Crippen molar-refractivity contribution in [2.75, 3.05) is 19.6 Å². The van der Waals surface area contributed by atoms with Gasteiger partial charge in [0.15, 0.2) is 0 Å². The van der Waals surface area contributed by atoms with Crippen molar-refractivity contribution in [1.29, 1.82) is 0 Å². The van der Waals surface area contributed by atoms with E-state index in [0.717, 1.165) is 23.8 Å². The van der Waals surface area contributed by atoms with E-state index < -0.39 is 0 Å². The monoisotopic (exact) mass is 280 g/mol. The van der Waals surface area contributed by atoms with E-state index in [-0.39, 0.29) is 0 Å². The van der Waals surface area contributed by atoms with Crippen LogP contribution in [0.3, 0.4) is 0 Å². The second kappa shape index (κ2) is 7.79. The lowest BCUT2D eigenvalue weighted by molar-refractivity contribution is 0.0871. The summed E-state index contributed by atoms with van der Waals surface area (Å²) in [4.78, 5) is 2.78. The van der Waals surface area contributed by atoms with E-state index >= 15 is 0 Å². The molecule has 2 heteroatoms. The third kappa shape index (κ3) is 4.21. The van der Waals surface area contributed by atoms with Crippen LogP contribution in [0, 0.1) is 17.8 Å². The van der Waals surface area contributed by atoms with Gasteiger partial charge in [-0.15, -0.1) is 0 Å². The topological polar surface area (TPSA) is 15.3 Å². The van der Waals surface area contributed by atoms with Crippen LogP contribution in [-0.2, 0) is 0 Å². The van der Waals surface area contributed by atoms with E-state index in [1.54, 1.807) is 0 Å². The Kier molecular flexibility index (Phi) is 6.35. The van der Waals surface area contributed by atoms with Gasteiger partial charge in [-0.2, -0.15) is 0 Å². The average molecular weight is 281 g/mol. The summed E-state index contributed by atoms with van der Waals surface area (Å²) in [6.45, 7) is 13.3. The fourth-order valence-electron chi connectivity index (χ4n) is 4.02. The SMILES string of the molecule is CCC1CCC(CN2CC(C(C)CC)NCC2C)CC1. The predicted molar refractivity (Wildman–Crippen MR) is 88.0 cm³/mol. The molecule has 2 fully saturated rings. The highest BCUT2D eigenvalue weighted by Gasteiger charge is 2.30. The van der Waals surface area contributed by atoms with Crippen molar-refractivity contribution >= 4 is 0 Å². The Labute approximate surface area is 126 Å². The predicted octanol–water partition coefficient (Wildman–Crippen LogP) is 3.91. The van der Waals surface area contributed by atoms with Crippen LogP contribution in [0.1, 0.15) is 66.2 Å². The highest BCUT2D eigenvalue weighted by Crippen LogP contribution is 2.31. The molecule has 1 aliphatic heterocycles. The van der Waals surface area contributed by atoms with Gasteiger partial charge in [-0.3, -0.25) is 4.90 Å². The van der Waals surface area contributed by atoms with Crippen molar-refractivity contribution in [3.05, 3.63) is 0 Å². The van der Waals surface area contributed by atoms with Crippen LogP contribution < -0.4 is 5.32 Å². The third-order valence-electron chi connectivity index (χ3n) is 6.10. The van der Waals surface area contributed by atoms with Crippen LogP contribution in [-0.4, -0.2) is 36.6 Å². The second-order valence-corrected chi connectivity index (χ2v) is 7.50. The van der Waals surface area contributed by atoms with Crippen LogP contribution >= 0.6 is 0 Å². The summed E-state index contributed by atoms with van der Waals surface area (Å²) >= 11 is 0. The van der Waals surface area contributed by atoms with E-state index in [9.17, 15) is 0 Å². The molecular weight excluding hydrogens is 244 g/mol. The van der Waals surface area contributed by atoms with Gasteiger partial charge < -0.3 is 5.32 Å². The van der Waals surface area contributed by atoms with E-state index in [0.29, 0.717) is 6.04 Å². The molecule has 2 aliphatic rings. The Morgan fingerprint density at radius 3 is 2.35 bits per heavy atom. The maximum atomic E-state index is 3.76. The van der Waals surface area contributed by atoms with Crippen molar-refractivity contribution < 1.29 is 0 Å². The Morgan fingerprint density at radius 1 is 1.10 bits per heavy atom. The Hall–Kier alpha value is -0.0800. The zero-order valence-corrected chi connectivity index (χ0v) is 14.2. The largest absolute Gasteiger partial charge is 0.311 e. The second-order valence-electron chi connectivity index (χ2n) is 7.50. The van der Waals surface area contributed by atoms with Crippen LogP contribution in [0.15, 0.2) is 0 Å². The normalized spacial score (nSPS) is 37.8. The summed E-state index contributed by atoms with van der Waals surface area (Å²) in [5.74, 6) is 2.80. The van der Waals surface area contributed by atoms with E-state index in [2.05, 4.69) is 37.9 Å². The summed E-state index contributed by atoms with van der Waals surface area (Å²) in [5, 5.41) is 3.76. The van der Waals surface area contributed by atoms with Gasteiger partial charge in [0.1, 0.15) is 0 Å². The summed E-state index contributed by atoms with van der Waals surface area (Å²) < 4.78 is 0. The van der Waals surface area contributed by atoms with E-state index in [4.69, 9.17) is 0 Å². The summed E-state index contributed by atoms with van der Waals surface area (Å²) in [5.41, 5.74) is 0. The van der Waals surface area contributed by atoms with Gasteiger partial charge in [0.25, 0.3) is 0 Å². The van der Waals surface area contributed by atoms with Gasteiger partial charge in [-0.25, -0.2) is 0 Å². The molecule has 0 aromatic rings. The van der Waals surface area contributed by atoms with Crippen molar-refractivity contribution in [1.82, 2.24) is 10.2 Å². The molecule has 1 saturated carbocycles. The Balaban J connectivity index is 1.81. The maximum absolute atomic E-state index is 3.76. The molecule has 3 unspecified atom stereocenters. The molecule has 3 atom stereocenters. The maximum Gasteiger partial charge on any atom is 0.0221 e. The number of hydrogen-bond donors (Lipinski definition) is 1. The fraction of sp³-hybridized carbons (Fsp3) is 1.00. The average Bonchev–Trinajstić information content (AvgIpc) is 2.49. The first kappa shape index (κ1) is 16.3. The molecule has 1 N–H and O–H groups in total. The number of piperazine rings is 1. The minimum atomic E-state index is 0.711. The van der Waals surface area contributed by atoms with Crippen molar-refractivity contribution in [3.63, 3.8) is 0 Å². The number of rotatable bonds is 5. The van der Waals surface area contributed by atoms with Crippen LogP contribution in [0.25, 0.3) is 0 Å². The zero-order chi connectivity index (χ0) is 14.5. The van der Waals surface area contributed by atoms with Crippen LogP contribution in [0.4, 0.5) is 0 Å². The first-order chi connectivity index (χ1) is 9.63. The number of hydrogen-bond acceptors (Lipinski definition) is 2. The van der Waals surface area contributed by atoms with Gasteiger partial charge in [-0.1, -0.05) is 46.5 Å². The summed E-state index contributed by atoms with van der Waals surface area (Å²) in [7, 11) is 0. The van der Waals surface area contributed by atoms with E-state index in [1.807, 2.05) is 0 Å². The molecule has 0 aromatic heterocycles. The van der Waals surface area contributed by atoms with Crippen molar-refractivity contribution in [3.8, 4) is 0 Å². The molecular formula is C18H36N2. The zero-order valence-electron chi connectivity index (χ0n) is 14.2.